The molecule has 1 heterocycles. The molecule has 0 saturated heterocycles. The van der Waals surface area contributed by atoms with E-state index < -0.39 is 7.12 Å². The lowest BCUT2D eigenvalue weighted by atomic mass is 9.79. The number of benzene rings is 1. The van der Waals surface area contributed by atoms with Crippen molar-refractivity contribution in [3.8, 4) is 0 Å². The van der Waals surface area contributed by atoms with Crippen molar-refractivity contribution in [2.45, 2.75) is 13.0 Å². The molecule has 1 aromatic carbocycles. The molecule has 0 aromatic heterocycles. The molecular formula is C8H10BNO2. The van der Waals surface area contributed by atoms with Crippen LogP contribution in [0.25, 0.3) is 0 Å². The summed E-state index contributed by atoms with van der Waals surface area (Å²) in [5, 5.41) is 9.40. The molecule has 0 radical (unpaired) electrons. The second kappa shape index (κ2) is 2.50. The van der Waals surface area contributed by atoms with Gasteiger partial charge in [0.15, 0.2) is 0 Å². The first-order valence-electron chi connectivity index (χ1n) is 3.91. The third kappa shape index (κ3) is 1.00. The van der Waals surface area contributed by atoms with Crippen molar-refractivity contribution in [2.24, 2.45) is 0 Å². The number of fused-ring (bicyclic) bond motifs is 1. The van der Waals surface area contributed by atoms with Gasteiger partial charge in [-0.25, -0.2) is 0 Å². The predicted octanol–water partition coefficient (Wildman–Crippen LogP) is 0.0475. The minimum atomic E-state index is -0.807. The van der Waals surface area contributed by atoms with Crippen LogP contribution >= 0.6 is 0 Å². The third-order valence-corrected chi connectivity index (χ3v) is 2.15. The van der Waals surface area contributed by atoms with Gasteiger partial charge in [-0.3, -0.25) is 0 Å². The van der Waals surface area contributed by atoms with E-state index in [4.69, 9.17) is 10.4 Å². The van der Waals surface area contributed by atoms with E-state index in [0.29, 0.717) is 5.69 Å². The zero-order chi connectivity index (χ0) is 8.72. The molecule has 0 aliphatic carbocycles. The molecule has 3 nitrogen and oxygen atoms in total. The highest BCUT2D eigenvalue weighted by molar-refractivity contribution is 6.61. The van der Waals surface area contributed by atoms with Crippen LogP contribution in [0.3, 0.4) is 0 Å². The number of hydrogen-bond acceptors (Lipinski definition) is 3. The number of anilines is 1. The topological polar surface area (TPSA) is 55.5 Å². The maximum absolute atomic E-state index is 9.40. The standard InChI is InChI=1S/C8H10BNO2/c1-5-7-3-2-6(10)4-8(7)9(11)12-5/h2-5,11H,10H2,1H3. The zero-order valence-corrected chi connectivity index (χ0v) is 6.82. The van der Waals surface area contributed by atoms with Gasteiger partial charge < -0.3 is 15.4 Å². The van der Waals surface area contributed by atoms with Crippen LogP contribution in [0.1, 0.15) is 18.6 Å². The number of hydrogen-bond donors (Lipinski definition) is 2. The Balaban J connectivity index is 2.53. The Bertz CT molecular complexity index is 316. The Morgan fingerprint density at radius 2 is 2.33 bits per heavy atom. The summed E-state index contributed by atoms with van der Waals surface area (Å²) in [6, 6.07) is 5.46. The SMILES string of the molecule is CC1OB(O)c2cc(N)ccc21. The first kappa shape index (κ1) is 7.64. The van der Waals surface area contributed by atoms with Gasteiger partial charge in [0, 0.05) is 5.69 Å². The largest absolute Gasteiger partial charge is 0.492 e. The molecule has 4 heteroatoms. The molecule has 0 amide bonds. The van der Waals surface area contributed by atoms with Crippen LogP contribution in [-0.4, -0.2) is 12.1 Å². The summed E-state index contributed by atoms with van der Waals surface area (Å²) in [5.41, 5.74) is 8.05. The van der Waals surface area contributed by atoms with Crippen LogP contribution in [0, 0.1) is 0 Å². The summed E-state index contributed by atoms with van der Waals surface area (Å²) in [7, 11) is -0.807. The minimum absolute atomic E-state index is 0.0319. The van der Waals surface area contributed by atoms with Gasteiger partial charge >= 0.3 is 7.12 Å². The maximum atomic E-state index is 9.40. The number of nitrogen functional groups attached to an aromatic ring is 1. The third-order valence-electron chi connectivity index (χ3n) is 2.15. The normalized spacial score (nSPS) is 21.2. The van der Waals surface area contributed by atoms with E-state index in [1.54, 1.807) is 6.07 Å². The number of rotatable bonds is 0. The van der Waals surface area contributed by atoms with Crippen molar-refractivity contribution < 1.29 is 9.68 Å². The Morgan fingerprint density at radius 1 is 1.58 bits per heavy atom. The molecule has 0 saturated carbocycles. The smallest absolute Gasteiger partial charge is 0.423 e. The molecule has 0 fully saturated rings. The fourth-order valence-electron chi connectivity index (χ4n) is 1.52. The second-order valence-electron chi connectivity index (χ2n) is 3.02. The van der Waals surface area contributed by atoms with Crippen LogP contribution in [0.4, 0.5) is 5.69 Å². The molecule has 3 N–H and O–H groups in total. The first-order valence-corrected chi connectivity index (χ1v) is 3.91. The summed E-state index contributed by atoms with van der Waals surface area (Å²) in [4.78, 5) is 0. The van der Waals surface area contributed by atoms with Crippen molar-refractivity contribution in [1.82, 2.24) is 0 Å². The Labute approximate surface area is 71.3 Å². The molecule has 1 aromatic rings. The summed E-state index contributed by atoms with van der Waals surface area (Å²) in [5.74, 6) is 0. The lowest BCUT2D eigenvalue weighted by Gasteiger charge is -2.03. The van der Waals surface area contributed by atoms with Crippen LogP contribution in [0.2, 0.25) is 0 Å². The quantitative estimate of drug-likeness (QED) is 0.419. The molecule has 2 rings (SSSR count). The minimum Gasteiger partial charge on any atom is -0.423 e. The Kier molecular flexibility index (Phi) is 1.59. The lowest BCUT2D eigenvalue weighted by Crippen LogP contribution is -2.28. The highest BCUT2D eigenvalue weighted by Crippen LogP contribution is 2.23. The van der Waals surface area contributed by atoms with E-state index in [-0.39, 0.29) is 6.10 Å². The van der Waals surface area contributed by atoms with Crippen LogP contribution in [0.15, 0.2) is 18.2 Å². The van der Waals surface area contributed by atoms with Gasteiger partial charge in [-0.1, -0.05) is 6.07 Å². The molecule has 1 atom stereocenters. The molecular weight excluding hydrogens is 153 g/mol. The van der Waals surface area contributed by atoms with Gasteiger partial charge in [-0.2, -0.15) is 0 Å². The Hall–Kier alpha value is -0.995. The van der Waals surface area contributed by atoms with E-state index in [1.807, 2.05) is 19.1 Å². The average molecular weight is 163 g/mol. The molecule has 0 spiro atoms. The summed E-state index contributed by atoms with van der Waals surface area (Å²) in [6.45, 7) is 1.91. The van der Waals surface area contributed by atoms with E-state index >= 15 is 0 Å². The van der Waals surface area contributed by atoms with Gasteiger partial charge in [-0.15, -0.1) is 0 Å². The molecule has 1 aliphatic rings. The van der Waals surface area contributed by atoms with Crippen LogP contribution in [0.5, 0.6) is 0 Å². The molecule has 12 heavy (non-hydrogen) atoms. The highest BCUT2D eigenvalue weighted by Gasteiger charge is 2.32. The van der Waals surface area contributed by atoms with Gasteiger partial charge in [0.05, 0.1) is 6.10 Å². The molecule has 1 unspecified atom stereocenters. The fourth-order valence-corrected chi connectivity index (χ4v) is 1.52. The maximum Gasteiger partial charge on any atom is 0.492 e. The van der Waals surface area contributed by atoms with E-state index in [9.17, 15) is 5.02 Å². The van der Waals surface area contributed by atoms with E-state index in [0.717, 1.165) is 11.0 Å². The first-order chi connectivity index (χ1) is 5.68. The van der Waals surface area contributed by atoms with Crippen LogP contribution in [-0.2, 0) is 4.65 Å². The summed E-state index contributed by atoms with van der Waals surface area (Å²) in [6.07, 6.45) is -0.0319. The van der Waals surface area contributed by atoms with Gasteiger partial charge in [0.25, 0.3) is 0 Å². The van der Waals surface area contributed by atoms with Crippen molar-refractivity contribution in [3.63, 3.8) is 0 Å². The predicted molar refractivity (Wildman–Crippen MR) is 48.0 cm³/mol. The van der Waals surface area contributed by atoms with Crippen molar-refractivity contribution in [2.75, 3.05) is 5.73 Å². The van der Waals surface area contributed by atoms with Gasteiger partial charge in [-0.05, 0) is 30.1 Å². The van der Waals surface area contributed by atoms with Crippen LogP contribution < -0.4 is 11.2 Å². The van der Waals surface area contributed by atoms with Gasteiger partial charge in [0.1, 0.15) is 0 Å². The summed E-state index contributed by atoms with van der Waals surface area (Å²) < 4.78 is 5.19. The van der Waals surface area contributed by atoms with Gasteiger partial charge in [0.2, 0.25) is 0 Å². The summed E-state index contributed by atoms with van der Waals surface area (Å²) >= 11 is 0. The van der Waals surface area contributed by atoms with E-state index in [2.05, 4.69) is 0 Å². The fraction of sp³-hybridized carbons (Fsp3) is 0.250. The van der Waals surface area contributed by atoms with Crippen molar-refractivity contribution in [3.05, 3.63) is 23.8 Å². The highest BCUT2D eigenvalue weighted by atomic mass is 16.5. The monoisotopic (exact) mass is 163 g/mol. The van der Waals surface area contributed by atoms with E-state index in [1.165, 1.54) is 0 Å². The zero-order valence-electron chi connectivity index (χ0n) is 6.82. The number of nitrogens with two attached hydrogens (primary N) is 1. The average Bonchev–Trinajstić information content (AvgIpc) is 2.28. The van der Waals surface area contributed by atoms with Crippen molar-refractivity contribution >= 4 is 18.3 Å². The van der Waals surface area contributed by atoms with Crippen molar-refractivity contribution in [1.29, 1.82) is 0 Å². The molecule has 62 valence electrons. The molecule has 1 aliphatic heterocycles. The molecule has 0 bridgehead atoms. The Morgan fingerprint density at radius 3 is 3.08 bits per heavy atom. The lowest BCUT2D eigenvalue weighted by molar-refractivity contribution is 0.209. The second-order valence-corrected chi connectivity index (χ2v) is 3.02.